The van der Waals surface area contributed by atoms with E-state index in [2.05, 4.69) is 6.92 Å². The Bertz CT molecular complexity index is 152. The van der Waals surface area contributed by atoms with Gasteiger partial charge in [-0.1, -0.05) is 26.2 Å². The summed E-state index contributed by atoms with van der Waals surface area (Å²) >= 11 is 0. The third-order valence-corrected chi connectivity index (χ3v) is 2.07. The Morgan fingerprint density at radius 3 is 2.85 bits per heavy atom. The largest absolute Gasteiger partial charge is 0.463 e. The van der Waals surface area contributed by atoms with E-state index >= 15 is 0 Å². The van der Waals surface area contributed by atoms with Crippen molar-refractivity contribution in [3.05, 3.63) is 0 Å². The van der Waals surface area contributed by atoms with Crippen LogP contribution in [0, 0.1) is 0 Å². The monoisotopic (exact) mass is 186 g/mol. The maximum absolute atomic E-state index is 11.1. The molecule has 1 unspecified atom stereocenters. The summed E-state index contributed by atoms with van der Waals surface area (Å²) in [7, 11) is 0. The predicted molar refractivity (Wildman–Crippen MR) is 49.5 cm³/mol. The fraction of sp³-hybridized carbons (Fsp3) is 0.900. The van der Waals surface area contributed by atoms with E-state index < -0.39 is 0 Å². The average molecular weight is 186 g/mol. The molecule has 1 atom stereocenters. The summed E-state index contributed by atoms with van der Waals surface area (Å²) in [6.07, 6.45) is 5.25. The molecule has 0 aromatic carbocycles. The number of carbonyl (C=O) groups excluding carboxylic acids is 1. The van der Waals surface area contributed by atoms with Crippen molar-refractivity contribution in [2.24, 2.45) is 0 Å². The lowest BCUT2D eigenvalue weighted by atomic mass is 10.2. The number of esters is 1. The Labute approximate surface area is 79.4 Å². The number of carbonyl (C=O) groups is 1. The van der Waals surface area contributed by atoms with Crippen molar-refractivity contribution in [3.8, 4) is 0 Å². The quantitative estimate of drug-likeness (QED) is 0.346. The lowest BCUT2D eigenvalue weighted by Crippen LogP contribution is -2.09. The van der Waals surface area contributed by atoms with Crippen LogP contribution in [0.25, 0.3) is 0 Å². The van der Waals surface area contributed by atoms with Gasteiger partial charge in [0, 0.05) is 6.42 Å². The van der Waals surface area contributed by atoms with Gasteiger partial charge in [-0.2, -0.15) is 0 Å². The molecule has 0 bridgehead atoms. The summed E-state index contributed by atoms with van der Waals surface area (Å²) in [4.78, 5) is 11.1. The second-order valence-electron chi connectivity index (χ2n) is 3.45. The van der Waals surface area contributed by atoms with Gasteiger partial charge in [-0.05, 0) is 6.42 Å². The highest BCUT2D eigenvalue weighted by Gasteiger charge is 2.23. The van der Waals surface area contributed by atoms with E-state index in [1.807, 2.05) is 0 Å². The van der Waals surface area contributed by atoms with Gasteiger partial charge < -0.3 is 9.47 Å². The molecule has 1 aliphatic heterocycles. The van der Waals surface area contributed by atoms with Gasteiger partial charge in [0.15, 0.2) is 0 Å². The van der Waals surface area contributed by atoms with Crippen molar-refractivity contribution >= 4 is 5.97 Å². The van der Waals surface area contributed by atoms with Crippen LogP contribution >= 0.6 is 0 Å². The molecule has 3 nitrogen and oxygen atoms in total. The number of hydrogen-bond donors (Lipinski definition) is 0. The van der Waals surface area contributed by atoms with Gasteiger partial charge in [0.2, 0.25) is 0 Å². The van der Waals surface area contributed by atoms with Crippen LogP contribution in [-0.2, 0) is 14.3 Å². The van der Waals surface area contributed by atoms with E-state index in [-0.39, 0.29) is 12.1 Å². The van der Waals surface area contributed by atoms with Crippen molar-refractivity contribution in [2.45, 2.75) is 45.1 Å². The van der Waals surface area contributed by atoms with E-state index in [9.17, 15) is 4.79 Å². The molecule has 0 N–H and O–H groups in total. The Hall–Kier alpha value is -0.570. The van der Waals surface area contributed by atoms with Crippen molar-refractivity contribution in [3.63, 3.8) is 0 Å². The lowest BCUT2D eigenvalue weighted by molar-refractivity contribution is -0.144. The first-order valence-electron chi connectivity index (χ1n) is 5.10. The van der Waals surface area contributed by atoms with Crippen LogP contribution in [0.3, 0.4) is 0 Å². The molecular weight excluding hydrogens is 168 g/mol. The first-order valence-corrected chi connectivity index (χ1v) is 5.10. The van der Waals surface area contributed by atoms with Crippen LogP contribution in [0.15, 0.2) is 0 Å². The molecule has 1 rings (SSSR count). The molecule has 3 heteroatoms. The minimum absolute atomic E-state index is 0.0772. The topological polar surface area (TPSA) is 38.8 Å². The minimum Gasteiger partial charge on any atom is -0.463 e. The Morgan fingerprint density at radius 2 is 2.23 bits per heavy atom. The highest BCUT2D eigenvalue weighted by atomic mass is 16.6. The van der Waals surface area contributed by atoms with Gasteiger partial charge in [0.1, 0.15) is 12.7 Å². The van der Waals surface area contributed by atoms with Crippen molar-refractivity contribution < 1.29 is 14.3 Å². The number of epoxide rings is 1. The molecule has 76 valence electrons. The zero-order valence-electron chi connectivity index (χ0n) is 8.25. The SMILES string of the molecule is CCCCCCC(=O)OCC1CO1. The van der Waals surface area contributed by atoms with Crippen LogP contribution < -0.4 is 0 Å². The average Bonchev–Trinajstić information content (AvgIpc) is 2.92. The summed E-state index contributed by atoms with van der Waals surface area (Å²) < 4.78 is 9.91. The summed E-state index contributed by atoms with van der Waals surface area (Å²) in [5.41, 5.74) is 0. The Kier molecular flexibility index (Phi) is 4.83. The standard InChI is InChI=1S/C10H18O3/c1-2-3-4-5-6-10(11)13-8-9-7-12-9/h9H,2-8H2,1H3. The maximum atomic E-state index is 11.1. The van der Waals surface area contributed by atoms with E-state index in [1.165, 1.54) is 12.8 Å². The molecule has 13 heavy (non-hydrogen) atoms. The molecule has 0 aromatic heterocycles. The normalized spacial score (nSPS) is 19.9. The highest BCUT2D eigenvalue weighted by molar-refractivity contribution is 5.69. The zero-order valence-corrected chi connectivity index (χ0v) is 8.25. The van der Waals surface area contributed by atoms with Crippen LogP contribution in [0.5, 0.6) is 0 Å². The van der Waals surface area contributed by atoms with Gasteiger partial charge in [-0.15, -0.1) is 0 Å². The number of ether oxygens (including phenoxy) is 2. The lowest BCUT2D eigenvalue weighted by Gasteiger charge is -2.01. The molecule has 0 saturated carbocycles. The second-order valence-corrected chi connectivity index (χ2v) is 3.45. The van der Waals surface area contributed by atoms with Gasteiger partial charge in [-0.3, -0.25) is 4.79 Å². The molecule has 1 aliphatic rings. The van der Waals surface area contributed by atoms with E-state index in [0.717, 1.165) is 19.4 Å². The molecule has 1 saturated heterocycles. The molecule has 1 heterocycles. The van der Waals surface area contributed by atoms with Crippen LogP contribution in [0.1, 0.15) is 39.0 Å². The van der Waals surface area contributed by atoms with Gasteiger partial charge in [-0.25, -0.2) is 0 Å². The molecule has 0 amide bonds. The number of hydrogen-bond acceptors (Lipinski definition) is 3. The van der Waals surface area contributed by atoms with Crippen molar-refractivity contribution in [2.75, 3.05) is 13.2 Å². The van der Waals surface area contributed by atoms with Crippen LogP contribution in [-0.4, -0.2) is 25.3 Å². The van der Waals surface area contributed by atoms with E-state index in [4.69, 9.17) is 9.47 Å². The summed E-state index contributed by atoms with van der Waals surface area (Å²) in [5.74, 6) is -0.0772. The summed E-state index contributed by atoms with van der Waals surface area (Å²) in [6.45, 7) is 3.36. The first-order chi connectivity index (χ1) is 6.33. The molecule has 0 aliphatic carbocycles. The third kappa shape index (κ3) is 5.64. The van der Waals surface area contributed by atoms with Crippen molar-refractivity contribution in [1.29, 1.82) is 0 Å². The van der Waals surface area contributed by atoms with Gasteiger partial charge in [0.05, 0.1) is 6.61 Å². The maximum Gasteiger partial charge on any atom is 0.305 e. The van der Waals surface area contributed by atoms with Gasteiger partial charge >= 0.3 is 5.97 Å². The van der Waals surface area contributed by atoms with E-state index in [0.29, 0.717) is 13.0 Å². The molecule has 0 radical (unpaired) electrons. The number of unbranched alkanes of at least 4 members (excludes halogenated alkanes) is 3. The Balaban J connectivity index is 1.84. The fourth-order valence-electron chi connectivity index (χ4n) is 1.12. The molecule has 1 fully saturated rings. The molecule has 0 spiro atoms. The second kappa shape index (κ2) is 5.97. The first kappa shape index (κ1) is 10.5. The molecule has 0 aromatic rings. The van der Waals surface area contributed by atoms with Crippen molar-refractivity contribution in [1.82, 2.24) is 0 Å². The minimum atomic E-state index is -0.0772. The third-order valence-electron chi connectivity index (χ3n) is 2.07. The van der Waals surface area contributed by atoms with Crippen LogP contribution in [0.4, 0.5) is 0 Å². The smallest absolute Gasteiger partial charge is 0.305 e. The summed E-state index contributed by atoms with van der Waals surface area (Å²) in [6, 6.07) is 0. The predicted octanol–water partition coefficient (Wildman–Crippen LogP) is 1.90. The summed E-state index contributed by atoms with van der Waals surface area (Å²) in [5, 5.41) is 0. The highest BCUT2D eigenvalue weighted by Crippen LogP contribution is 2.10. The van der Waals surface area contributed by atoms with Gasteiger partial charge in [0.25, 0.3) is 0 Å². The Morgan fingerprint density at radius 1 is 1.46 bits per heavy atom. The fourth-order valence-corrected chi connectivity index (χ4v) is 1.12. The zero-order chi connectivity index (χ0) is 9.52. The molecular formula is C10H18O3. The van der Waals surface area contributed by atoms with Crippen LogP contribution in [0.2, 0.25) is 0 Å². The van der Waals surface area contributed by atoms with E-state index in [1.54, 1.807) is 0 Å². The number of rotatable bonds is 7.